The van der Waals surface area contributed by atoms with Crippen LogP contribution in [-0.4, -0.2) is 49.7 Å². The van der Waals surface area contributed by atoms with E-state index in [-0.39, 0.29) is 17.8 Å². The third kappa shape index (κ3) is 4.99. The standard InChI is InChI=1S/C24H28N2O5/c1-2-29-24(28)18-10-12-26(13-11-18)22(17-6-4-3-5-7-17)23(27)25-19-8-9-20-21(16-19)31-15-14-30-20/h3-9,16,18,22H,2,10-15H2,1H3,(H,25,27)/t22-/m0/s1. The molecule has 2 aromatic rings. The Labute approximate surface area is 182 Å². The van der Waals surface area contributed by atoms with Crippen LogP contribution in [0.25, 0.3) is 0 Å². The summed E-state index contributed by atoms with van der Waals surface area (Å²) in [5, 5.41) is 3.03. The summed E-state index contributed by atoms with van der Waals surface area (Å²) in [7, 11) is 0. The summed E-state index contributed by atoms with van der Waals surface area (Å²) in [5.41, 5.74) is 1.59. The molecule has 0 saturated carbocycles. The number of fused-ring (bicyclic) bond motifs is 1. The predicted molar refractivity (Wildman–Crippen MR) is 116 cm³/mol. The van der Waals surface area contributed by atoms with Crippen molar-refractivity contribution in [1.29, 1.82) is 0 Å². The van der Waals surface area contributed by atoms with Crippen LogP contribution < -0.4 is 14.8 Å². The second-order valence-electron chi connectivity index (χ2n) is 7.72. The van der Waals surface area contributed by atoms with Crippen LogP contribution in [0.3, 0.4) is 0 Å². The Morgan fingerprint density at radius 2 is 1.77 bits per heavy atom. The first-order valence-electron chi connectivity index (χ1n) is 10.8. The maximum absolute atomic E-state index is 13.4. The van der Waals surface area contributed by atoms with Gasteiger partial charge in [-0.3, -0.25) is 14.5 Å². The van der Waals surface area contributed by atoms with Crippen LogP contribution in [0.5, 0.6) is 11.5 Å². The Morgan fingerprint density at radius 1 is 1.06 bits per heavy atom. The number of esters is 1. The summed E-state index contributed by atoms with van der Waals surface area (Å²) < 4.78 is 16.4. The molecule has 0 bridgehead atoms. The molecular weight excluding hydrogens is 396 g/mol. The first kappa shape index (κ1) is 21.2. The Kier molecular flexibility index (Phi) is 6.72. The molecule has 0 aliphatic carbocycles. The Morgan fingerprint density at radius 3 is 2.48 bits per heavy atom. The molecule has 4 rings (SSSR count). The van der Waals surface area contributed by atoms with Gasteiger partial charge in [-0.1, -0.05) is 30.3 Å². The number of piperidine rings is 1. The normalized spacial score (nSPS) is 17.6. The second-order valence-corrected chi connectivity index (χ2v) is 7.72. The third-order valence-corrected chi connectivity index (χ3v) is 5.69. The molecule has 0 spiro atoms. The average molecular weight is 424 g/mol. The van der Waals surface area contributed by atoms with E-state index in [0.29, 0.717) is 62.9 Å². The smallest absolute Gasteiger partial charge is 0.309 e. The van der Waals surface area contributed by atoms with E-state index in [9.17, 15) is 9.59 Å². The largest absolute Gasteiger partial charge is 0.486 e. The van der Waals surface area contributed by atoms with Crippen molar-refractivity contribution in [2.75, 3.05) is 38.2 Å². The number of benzene rings is 2. The van der Waals surface area contributed by atoms with E-state index in [0.717, 1.165) is 5.56 Å². The van der Waals surface area contributed by atoms with Crippen molar-refractivity contribution >= 4 is 17.6 Å². The van der Waals surface area contributed by atoms with E-state index in [1.807, 2.05) is 49.4 Å². The first-order valence-corrected chi connectivity index (χ1v) is 10.8. The number of carbonyl (C=O) groups excluding carboxylic acids is 2. The summed E-state index contributed by atoms with van der Waals surface area (Å²) in [6, 6.07) is 14.7. The molecule has 7 nitrogen and oxygen atoms in total. The predicted octanol–water partition coefficient (Wildman–Crippen LogP) is 3.41. The van der Waals surface area contributed by atoms with Crippen molar-refractivity contribution in [3.8, 4) is 11.5 Å². The summed E-state index contributed by atoms with van der Waals surface area (Å²) in [6.45, 7) is 4.53. The molecule has 0 unspecified atom stereocenters. The van der Waals surface area contributed by atoms with E-state index in [4.69, 9.17) is 14.2 Å². The number of anilines is 1. The number of ether oxygens (including phenoxy) is 3. The van der Waals surface area contributed by atoms with Gasteiger partial charge in [-0.2, -0.15) is 0 Å². The maximum atomic E-state index is 13.4. The summed E-state index contributed by atoms with van der Waals surface area (Å²) in [4.78, 5) is 27.6. The SMILES string of the molecule is CCOC(=O)C1CCN([C@H](C(=O)Nc2ccc3c(c2)OCCO3)c2ccccc2)CC1. The van der Waals surface area contributed by atoms with E-state index >= 15 is 0 Å². The Balaban J connectivity index is 1.49. The summed E-state index contributed by atoms with van der Waals surface area (Å²) in [5.74, 6) is 0.963. The number of hydrogen-bond donors (Lipinski definition) is 1. The molecule has 1 fully saturated rings. The lowest BCUT2D eigenvalue weighted by Gasteiger charge is -2.36. The highest BCUT2D eigenvalue weighted by atomic mass is 16.6. The van der Waals surface area contributed by atoms with Gasteiger partial charge in [-0.15, -0.1) is 0 Å². The highest BCUT2D eigenvalue weighted by molar-refractivity contribution is 5.96. The fourth-order valence-electron chi connectivity index (χ4n) is 4.15. The van der Waals surface area contributed by atoms with Crippen molar-refractivity contribution < 1.29 is 23.8 Å². The number of amides is 1. The zero-order chi connectivity index (χ0) is 21.6. The third-order valence-electron chi connectivity index (χ3n) is 5.69. The van der Waals surface area contributed by atoms with Gasteiger partial charge < -0.3 is 19.5 Å². The fraction of sp³-hybridized carbons (Fsp3) is 0.417. The molecule has 2 aliphatic rings. The first-order chi connectivity index (χ1) is 15.2. The van der Waals surface area contributed by atoms with Crippen LogP contribution in [0.15, 0.2) is 48.5 Å². The number of nitrogens with zero attached hydrogens (tertiary/aromatic N) is 1. The van der Waals surface area contributed by atoms with Gasteiger partial charge in [-0.25, -0.2) is 0 Å². The van der Waals surface area contributed by atoms with E-state index < -0.39 is 6.04 Å². The van der Waals surface area contributed by atoms with Crippen molar-refractivity contribution in [2.24, 2.45) is 5.92 Å². The van der Waals surface area contributed by atoms with Gasteiger partial charge in [0.25, 0.3) is 0 Å². The molecule has 1 N–H and O–H groups in total. The van der Waals surface area contributed by atoms with Crippen LogP contribution in [0.4, 0.5) is 5.69 Å². The van der Waals surface area contributed by atoms with Crippen LogP contribution in [0, 0.1) is 5.92 Å². The lowest BCUT2D eigenvalue weighted by atomic mass is 9.94. The molecule has 2 aromatic carbocycles. The zero-order valence-electron chi connectivity index (χ0n) is 17.7. The van der Waals surface area contributed by atoms with Crippen LogP contribution >= 0.6 is 0 Å². The van der Waals surface area contributed by atoms with Gasteiger partial charge >= 0.3 is 5.97 Å². The monoisotopic (exact) mass is 424 g/mol. The molecule has 2 aliphatic heterocycles. The highest BCUT2D eigenvalue weighted by Crippen LogP contribution is 2.34. The van der Waals surface area contributed by atoms with Gasteiger partial charge in [0, 0.05) is 24.8 Å². The summed E-state index contributed by atoms with van der Waals surface area (Å²) in [6.07, 6.45) is 1.36. The van der Waals surface area contributed by atoms with Crippen molar-refractivity contribution in [3.63, 3.8) is 0 Å². The molecule has 0 aromatic heterocycles. The van der Waals surface area contributed by atoms with Crippen molar-refractivity contribution in [3.05, 3.63) is 54.1 Å². The average Bonchev–Trinajstić information content (AvgIpc) is 2.80. The maximum Gasteiger partial charge on any atom is 0.309 e. The number of carbonyl (C=O) groups is 2. The molecule has 0 radical (unpaired) electrons. The van der Waals surface area contributed by atoms with Gasteiger partial charge in [0.2, 0.25) is 5.91 Å². The van der Waals surface area contributed by atoms with Gasteiger partial charge in [0.1, 0.15) is 19.3 Å². The molecule has 31 heavy (non-hydrogen) atoms. The number of nitrogens with one attached hydrogen (secondary N) is 1. The number of hydrogen-bond acceptors (Lipinski definition) is 6. The molecule has 1 atom stereocenters. The Hall–Kier alpha value is -3.06. The summed E-state index contributed by atoms with van der Waals surface area (Å²) >= 11 is 0. The van der Waals surface area contributed by atoms with Crippen molar-refractivity contribution in [2.45, 2.75) is 25.8 Å². The Bertz CT molecular complexity index is 909. The lowest BCUT2D eigenvalue weighted by Crippen LogP contribution is -2.43. The molecule has 1 saturated heterocycles. The van der Waals surface area contributed by atoms with Crippen molar-refractivity contribution in [1.82, 2.24) is 4.90 Å². The van der Waals surface area contributed by atoms with E-state index in [1.165, 1.54) is 0 Å². The molecule has 7 heteroatoms. The van der Waals surface area contributed by atoms with Gasteiger partial charge in [0.15, 0.2) is 11.5 Å². The minimum atomic E-state index is -0.447. The quantitative estimate of drug-likeness (QED) is 0.716. The van der Waals surface area contributed by atoms with Crippen LogP contribution in [-0.2, 0) is 14.3 Å². The number of likely N-dealkylation sites (tertiary alicyclic amines) is 1. The highest BCUT2D eigenvalue weighted by Gasteiger charge is 2.33. The van der Waals surface area contributed by atoms with E-state index in [2.05, 4.69) is 10.2 Å². The van der Waals surface area contributed by atoms with Gasteiger partial charge in [0.05, 0.1) is 12.5 Å². The topological polar surface area (TPSA) is 77.1 Å². The molecule has 2 heterocycles. The molecule has 164 valence electrons. The van der Waals surface area contributed by atoms with Crippen LogP contribution in [0.2, 0.25) is 0 Å². The minimum absolute atomic E-state index is 0.103. The lowest BCUT2D eigenvalue weighted by molar-refractivity contribution is -0.149. The zero-order valence-corrected chi connectivity index (χ0v) is 17.7. The molecular formula is C24H28N2O5. The number of rotatable bonds is 6. The van der Waals surface area contributed by atoms with Crippen LogP contribution in [0.1, 0.15) is 31.4 Å². The fourth-order valence-corrected chi connectivity index (χ4v) is 4.15. The molecule has 1 amide bonds. The minimum Gasteiger partial charge on any atom is -0.486 e. The van der Waals surface area contributed by atoms with E-state index in [1.54, 1.807) is 6.07 Å². The second kappa shape index (κ2) is 9.83. The van der Waals surface area contributed by atoms with Gasteiger partial charge in [-0.05, 0) is 37.5 Å².